The molecule has 7 heteroatoms. The summed E-state index contributed by atoms with van der Waals surface area (Å²) in [6, 6.07) is 7.73. The normalized spacial score (nSPS) is 20.9. The Kier molecular flexibility index (Phi) is 7.00. The molecule has 3 amide bonds. The number of primary amides is 1. The molecule has 1 aliphatic heterocycles. The van der Waals surface area contributed by atoms with Gasteiger partial charge >= 0.3 is 12.0 Å². The first-order valence-electron chi connectivity index (χ1n) is 8.96. The van der Waals surface area contributed by atoms with Crippen LogP contribution >= 0.6 is 0 Å². The maximum atomic E-state index is 12.5. The third-order valence-electron chi connectivity index (χ3n) is 4.70. The molecule has 1 aromatic rings. The zero-order valence-corrected chi connectivity index (χ0v) is 15.3. The van der Waals surface area contributed by atoms with Gasteiger partial charge in [-0.1, -0.05) is 30.3 Å². The van der Waals surface area contributed by atoms with Crippen molar-refractivity contribution in [1.82, 2.24) is 10.2 Å². The van der Waals surface area contributed by atoms with E-state index in [0.29, 0.717) is 0 Å². The molecular weight excluding hydrogens is 334 g/mol. The van der Waals surface area contributed by atoms with E-state index in [9.17, 15) is 14.4 Å². The van der Waals surface area contributed by atoms with E-state index >= 15 is 0 Å². The van der Waals surface area contributed by atoms with E-state index in [0.717, 1.165) is 24.8 Å². The Morgan fingerprint density at radius 1 is 1.19 bits per heavy atom. The molecule has 1 aliphatic rings. The predicted octanol–water partition coefficient (Wildman–Crippen LogP) is 1.60. The number of nitrogens with zero attached hydrogens (tertiary/aromatic N) is 1. The van der Waals surface area contributed by atoms with Crippen molar-refractivity contribution in [3.8, 4) is 0 Å². The smallest absolute Gasteiger partial charge is 0.329 e. The van der Waals surface area contributed by atoms with Crippen LogP contribution in [0.3, 0.4) is 0 Å². The predicted molar refractivity (Wildman–Crippen MR) is 97.2 cm³/mol. The largest absolute Gasteiger partial charge is 0.454 e. The van der Waals surface area contributed by atoms with Crippen LogP contribution in [0.2, 0.25) is 0 Å². The molecule has 2 rings (SSSR count). The summed E-state index contributed by atoms with van der Waals surface area (Å²) in [6.45, 7) is 3.67. The van der Waals surface area contributed by atoms with Crippen LogP contribution in [0.15, 0.2) is 30.3 Å². The fraction of sp³-hybridized carbons (Fsp3) is 0.526. The number of hydrogen-bond donors (Lipinski definition) is 2. The van der Waals surface area contributed by atoms with Crippen molar-refractivity contribution >= 4 is 17.9 Å². The number of carbonyl (C=O) groups is 3. The molecule has 0 saturated carbocycles. The van der Waals surface area contributed by atoms with Crippen molar-refractivity contribution in [2.24, 2.45) is 5.73 Å². The highest BCUT2D eigenvalue weighted by Crippen LogP contribution is 2.22. The maximum absolute atomic E-state index is 12.5. The van der Waals surface area contributed by atoms with Gasteiger partial charge in [0.05, 0.1) is 0 Å². The average Bonchev–Trinajstić information content (AvgIpc) is 2.59. The number of hydrogen-bond acceptors (Lipinski definition) is 4. The minimum atomic E-state index is -0.932. The third-order valence-corrected chi connectivity index (χ3v) is 4.70. The number of nitrogens with two attached hydrogens (primary N) is 1. The lowest BCUT2D eigenvalue weighted by molar-refractivity contribution is -0.156. The highest BCUT2D eigenvalue weighted by atomic mass is 16.5. The number of likely N-dealkylation sites (tertiary alicyclic amines) is 1. The van der Waals surface area contributed by atoms with Crippen LogP contribution < -0.4 is 11.1 Å². The molecular formula is C19H27N3O4. The number of rotatable bonds is 6. The molecule has 1 aromatic carbocycles. The number of benzene rings is 1. The third kappa shape index (κ3) is 5.47. The van der Waals surface area contributed by atoms with E-state index in [-0.39, 0.29) is 31.0 Å². The van der Waals surface area contributed by atoms with Gasteiger partial charge in [-0.3, -0.25) is 4.79 Å². The van der Waals surface area contributed by atoms with Gasteiger partial charge in [-0.25, -0.2) is 9.59 Å². The molecule has 0 spiro atoms. The molecule has 1 fully saturated rings. The first kappa shape index (κ1) is 19.8. The Bertz CT molecular complexity index is 625. The highest BCUT2D eigenvalue weighted by Gasteiger charge is 2.30. The molecule has 142 valence electrons. The van der Waals surface area contributed by atoms with Crippen LogP contribution in [0, 0.1) is 0 Å². The van der Waals surface area contributed by atoms with E-state index in [4.69, 9.17) is 10.5 Å². The van der Waals surface area contributed by atoms with Crippen molar-refractivity contribution in [3.05, 3.63) is 35.9 Å². The molecule has 0 radical (unpaired) electrons. The summed E-state index contributed by atoms with van der Waals surface area (Å²) in [5.74, 6) is -0.881. The van der Waals surface area contributed by atoms with E-state index in [1.165, 1.54) is 0 Å². The molecule has 3 atom stereocenters. The van der Waals surface area contributed by atoms with Crippen LogP contribution in [-0.4, -0.2) is 47.5 Å². The fourth-order valence-electron chi connectivity index (χ4n) is 3.44. The lowest BCUT2D eigenvalue weighted by Crippen LogP contribution is -2.50. The van der Waals surface area contributed by atoms with Crippen LogP contribution in [0.25, 0.3) is 0 Å². The minimum Gasteiger partial charge on any atom is -0.454 e. The van der Waals surface area contributed by atoms with Gasteiger partial charge in [0.15, 0.2) is 6.61 Å². The van der Waals surface area contributed by atoms with Crippen molar-refractivity contribution in [2.75, 3.05) is 6.61 Å². The van der Waals surface area contributed by atoms with Gasteiger partial charge in [0.25, 0.3) is 5.91 Å². The summed E-state index contributed by atoms with van der Waals surface area (Å²) in [5.41, 5.74) is 6.02. The Labute approximate surface area is 153 Å². The van der Waals surface area contributed by atoms with Crippen molar-refractivity contribution < 1.29 is 19.1 Å². The Morgan fingerprint density at radius 3 is 2.38 bits per heavy atom. The lowest BCUT2D eigenvalue weighted by Gasteiger charge is -2.38. The molecule has 0 bridgehead atoms. The number of amides is 3. The van der Waals surface area contributed by atoms with E-state index in [1.807, 2.05) is 44.2 Å². The second-order valence-electron chi connectivity index (χ2n) is 6.79. The van der Waals surface area contributed by atoms with E-state index < -0.39 is 18.0 Å². The molecule has 1 saturated heterocycles. The number of ether oxygens (including phenoxy) is 1. The molecule has 0 unspecified atom stereocenters. The van der Waals surface area contributed by atoms with E-state index in [1.54, 1.807) is 4.90 Å². The molecule has 3 N–H and O–H groups in total. The SMILES string of the molecule is C[C@@H]1CCC[C@H](C)N1C(=O)COC(=O)[C@H](Cc1ccccc1)NC(N)=O. The van der Waals surface area contributed by atoms with Gasteiger partial charge in [-0.05, 0) is 38.7 Å². The zero-order valence-electron chi connectivity index (χ0n) is 15.3. The topological polar surface area (TPSA) is 102 Å². The minimum absolute atomic E-state index is 0.133. The monoisotopic (exact) mass is 361 g/mol. The van der Waals surface area contributed by atoms with Gasteiger partial charge in [0, 0.05) is 18.5 Å². The second kappa shape index (κ2) is 9.22. The summed E-state index contributed by atoms with van der Waals surface area (Å²) in [5, 5.41) is 2.39. The molecule has 0 aromatic heterocycles. The number of urea groups is 1. The quantitative estimate of drug-likeness (QED) is 0.751. The van der Waals surface area contributed by atoms with Gasteiger partial charge < -0.3 is 20.7 Å². The Hall–Kier alpha value is -2.57. The summed E-state index contributed by atoms with van der Waals surface area (Å²) < 4.78 is 5.19. The summed E-state index contributed by atoms with van der Waals surface area (Å²) in [4.78, 5) is 37.8. The van der Waals surface area contributed by atoms with Gasteiger partial charge in [-0.2, -0.15) is 0 Å². The van der Waals surface area contributed by atoms with Crippen LogP contribution in [-0.2, 0) is 20.7 Å². The number of nitrogens with one attached hydrogen (secondary N) is 1. The van der Waals surface area contributed by atoms with Crippen molar-refractivity contribution in [1.29, 1.82) is 0 Å². The first-order valence-corrected chi connectivity index (χ1v) is 8.96. The first-order chi connectivity index (χ1) is 12.4. The average molecular weight is 361 g/mol. The molecule has 26 heavy (non-hydrogen) atoms. The second-order valence-corrected chi connectivity index (χ2v) is 6.79. The van der Waals surface area contributed by atoms with Gasteiger partial charge in [0.1, 0.15) is 6.04 Å². The number of carbonyl (C=O) groups excluding carboxylic acids is 3. The maximum Gasteiger partial charge on any atom is 0.329 e. The van der Waals surface area contributed by atoms with Crippen LogP contribution in [0.1, 0.15) is 38.7 Å². The van der Waals surface area contributed by atoms with Crippen molar-refractivity contribution in [3.63, 3.8) is 0 Å². The Morgan fingerprint density at radius 2 is 1.81 bits per heavy atom. The molecule has 7 nitrogen and oxygen atoms in total. The Balaban J connectivity index is 1.95. The van der Waals surface area contributed by atoms with Gasteiger partial charge in [0.2, 0.25) is 0 Å². The summed E-state index contributed by atoms with van der Waals surface area (Å²) >= 11 is 0. The number of esters is 1. The zero-order chi connectivity index (χ0) is 19.1. The molecule has 0 aliphatic carbocycles. The van der Waals surface area contributed by atoms with Crippen LogP contribution in [0.4, 0.5) is 4.79 Å². The summed E-state index contributed by atoms with van der Waals surface area (Å²) in [7, 11) is 0. The molecule has 1 heterocycles. The van der Waals surface area contributed by atoms with E-state index in [2.05, 4.69) is 5.32 Å². The lowest BCUT2D eigenvalue weighted by atomic mass is 9.97. The number of piperidine rings is 1. The van der Waals surface area contributed by atoms with Gasteiger partial charge in [-0.15, -0.1) is 0 Å². The fourth-order valence-corrected chi connectivity index (χ4v) is 3.44. The van der Waals surface area contributed by atoms with Crippen molar-refractivity contribution in [2.45, 2.75) is 57.7 Å². The van der Waals surface area contributed by atoms with Crippen LogP contribution in [0.5, 0.6) is 0 Å². The summed E-state index contributed by atoms with van der Waals surface area (Å²) in [6.07, 6.45) is 3.23. The standard InChI is InChI=1S/C19H27N3O4/c1-13-7-6-8-14(2)22(13)17(23)12-26-18(24)16(21-19(20)25)11-15-9-4-3-5-10-15/h3-5,9-10,13-14,16H,6-8,11-12H2,1-2H3,(H3,20,21,25)/t13-,14+,16-/m0/s1. The highest BCUT2D eigenvalue weighted by molar-refractivity contribution is 5.86.